The number of benzene rings is 2. The molecular formula is C15H9N3O5. The third-order valence-corrected chi connectivity index (χ3v) is 3.14. The van der Waals surface area contributed by atoms with Gasteiger partial charge in [0.05, 0.1) is 16.1 Å². The van der Waals surface area contributed by atoms with Crippen molar-refractivity contribution in [1.82, 2.24) is 10.2 Å². The maximum Gasteiger partial charge on any atom is 0.336 e. The summed E-state index contributed by atoms with van der Waals surface area (Å²) in [6, 6.07) is 12.1. The summed E-state index contributed by atoms with van der Waals surface area (Å²) < 4.78 is 5.45. The van der Waals surface area contributed by atoms with Gasteiger partial charge in [0.1, 0.15) is 5.56 Å². The van der Waals surface area contributed by atoms with E-state index in [-0.39, 0.29) is 34.2 Å². The Labute approximate surface area is 129 Å². The van der Waals surface area contributed by atoms with Crippen LogP contribution in [-0.4, -0.2) is 26.2 Å². The zero-order valence-corrected chi connectivity index (χ0v) is 11.5. The van der Waals surface area contributed by atoms with Crippen LogP contribution in [0.3, 0.4) is 0 Å². The molecule has 0 atom stereocenters. The molecular weight excluding hydrogens is 302 g/mol. The Balaban J connectivity index is 2.09. The highest BCUT2D eigenvalue weighted by atomic mass is 16.6. The number of carboxylic acid groups (broad SMARTS) is 1. The number of para-hydroxylation sites is 1. The zero-order chi connectivity index (χ0) is 16.4. The first-order chi connectivity index (χ1) is 11.1. The van der Waals surface area contributed by atoms with E-state index in [9.17, 15) is 20.0 Å². The minimum absolute atomic E-state index is 0.00487. The lowest BCUT2D eigenvalue weighted by atomic mass is 10.1. The van der Waals surface area contributed by atoms with Crippen molar-refractivity contribution in [1.29, 1.82) is 0 Å². The number of carboxylic acids is 1. The van der Waals surface area contributed by atoms with Crippen LogP contribution in [0.2, 0.25) is 0 Å². The van der Waals surface area contributed by atoms with Gasteiger partial charge in [0, 0.05) is 6.07 Å². The summed E-state index contributed by atoms with van der Waals surface area (Å²) in [7, 11) is 0. The normalized spacial score (nSPS) is 10.4. The van der Waals surface area contributed by atoms with Gasteiger partial charge in [-0.05, 0) is 18.2 Å². The van der Waals surface area contributed by atoms with Gasteiger partial charge in [-0.25, -0.2) is 4.79 Å². The lowest BCUT2D eigenvalue weighted by Gasteiger charge is -2.00. The van der Waals surface area contributed by atoms with Crippen molar-refractivity contribution in [3.05, 3.63) is 64.2 Å². The fourth-order valence-electron chi connectivity index (χ4n) is 2.11. The minimum Gasteiger partial charge on any atom is -0.478 e. The van der Waals surface area contributed by atoms with Gasteiger partial charge in [-0.3, -0.25) is 10.1 Å². The predicted molar refractivity (Wildman–Crippen MR) is 78.8 cm³/mol. The fourth-order valence-corrected chi connectivity index (χ4v) is 2.11. The predicted octanol–water partition coefficient (Wildman–Crippen LogP) is 3.01. The Morgan fingerprint density at radius 3 is 2.22 bits per heavy atom. The van der Waals surface area contributed by atoms with Crippen LogP contribution in [-0.2, 0) is 0 Å². The topological polar surface area (TPSA) is 119 Å². The van der Waals surface area contributed by atoms with E-state index in [1.165, 1.54) is 30.3 Å². The number of rotatable bonds is 4. The molecule has 0 aliphatic rings. The Hall–Kier alpha value is -3.55. The van der Waals surface area contributed by atoms with Crippen molar-refractivity contribution in [3.8, 4) is 22.9 Å². The van der Waals surface area contributed by atoms with E-state index in [2.05, 4.69) is 10.2 Å². The Kier molecular flexibility index (Phi) is 3.55. The highest BCUT2D eigenvalue weighted by Gasteiger charge is 2.21. The third kappa shape index (κ3) is 2.64. The maximum atomic E-state index is 11.2. The molecule has 0 bridgehead atoms. The van der Waals surface area contributed by atoms with E-state index in [1.807, 2.05) is 0 Å². The van der Waals surface area contributed by atoms with E-state index < -0.39 is 10.9 Å². The average molecular weight is 311 g/mol. The molecule has 3 rings (SSSR count). The molecule has 0 radical (unpaired) electrons. The van der Waals surface area contributed by atoms with E-state index in [0.29, 0.717) is 0 Å². The monoisotopic (exact) mass is 311 g/mol. The molecule has 0 aliphatic heterocycles. The molecule has 8 nitrogen and oxygen atoms in total. The molecule has 1 heterocycles. The number of hydrogen-bond donors (Lipinski definition) is 1. The summed E-state index contributed by atoms with van der Waals surface area (Å²) in [5, 5.41) is 27.8. The van der Waals surface area contributed by atoms with E-state index in [4.69, 9.17) is 4.42 Å². The smallest absolute Gasteiger partial charge is 0.336 e. The SMILES string of the molecule is O=C(O)c1ccccc1-c1nnc(-c2ccccc2[N+](=O)[O-])o1. The van der Waals surface area contributed by atoms with Crippen LogP contribution in [0.15, 0.2) is 52.9 Å². The summed E-state index contributed by atoms with van der Waals surface area (Å²) in [6.07, 6.45) is 0. The average Bonchev–Trinajstić information content (AvgIpc) is 3.04. The number of aromatic nitrogens is 2. The van der Waals surface area contributed by atoms with E-state index in [0.717, 1.165) is 0 Å². The molecule has 3 aromatic rings. The summed E-state index contributed by atoms with van der Waals surface area (Å²) in [5.41, 5.74) is 0.251. The van der Waals surface area contributed by atoms with Gasteiger partial charge in [-0.15, -0.1) is 10.2 Å². The molecule has 2 aromatic carbocycles. The second-order valence-corrected chi connectivity index (χ2v) is 4.54. The summed E-state index contributed by atoms with van der Waals surface area (Å²) in [4.78, 5) is 21.7. The van der Waals surface area contributed by atoms with Gasteiger partial charge in [0.15, 0.2) is 0 Å². The molecule has 8 heteroatoms. The van der Waals surface area contributed by atoms with E-state index in [1.54, 1.807) is 18.2 Å². The maximum absolute atomic E-state index is 11.2. The van der Waals surface area contributed by atoms with Crippen LogP contribution >= 0.6 is 0 Å². The molecule has 0 aliphatic carbocycles. The summed E-state index contributed by atoms with van der Waals surface area (Å²) in [6.45, 7) is 0. The lowest BCUT2D eigenvalue weighted by Crippen LogP contribution is -1.99. The zero-order valence-electron chi connectivity index (χ0n) is 11.5. The van der Waals surface area contributed by atoms with E-state index >= 15 is 0 Å². The van der Waals surface area contributed by atoms with Crippen molar-refractivity contribution >= 4 is 11.7 Å². The third-order valence-electron chi connectivity index (χ3n) is 3.14. The number of nitro benzene ring substituents is 1. The summed E-state index contributed by atoms with van der Waals surface area (Å²) >= 11 is 0. The highest BCUT2D eigenvalue weighted by Crippen LogP contribution is 2.31. The number of hydrogen-bond acceptors (Lipinski definition) is 6. The van der Waals surface area contributed by atoms with Gasteiger partial charge in [-0.1, -0.05) is 24.3 Å². The molecule has 1 N–H and O–H groups in total. The number of nitro groups is 1. The Morgan fingerprint density at radius 2 is 1.57 bits per heavy atom. The highest BCUT2D eigenvalue weighted by molar-refractivity contribution is 5.94. The van der Waals surface area contributed by atoms with Crippen LogP contribution in [0.1, 0.15) is 10.4 Å². The molecule has 0 saturated heterocycles. The van der Waals surface area contributed by atoms with Gasteiger partial charge in [0.25, 0.3) is 11.6 Å². The van der Waals surface area contributed by atoms with Crippen molar-refractivity contribution < 1.29 is 19.2 Å². The quantitative estimate of drug-likeness (QED) is 0.580. The van der Waals surface area contributed by atoms with Gasteiger partial charge >= 0.3 is 5.97 Å². The molecule has 114 valence electrons. The lowest BCUT2D eigenvalue weighted by molar-refractivity contribution is -0.384. The number of aromatic carboxylic acids is 1. The van der Waals surface area contributed by atoms with Crippen LogP contribution < -0.4 is 0 Å². The first-order valence-electron chi connectivity index (χ1n) is 6.48. The number of carbonyl (C=O) groups is 1. The van der Waals surface area contributed by atoms with Gasteiger partial charge in [0.2, 0.25) is 5.89 Å². The first kappa shape index (κ1) is 14.4. The van der Waals surface area contributed by atoms with Crippen LogP contribution in [0.25, 0.3) is 22.9 Å². The number of nitrogens with zero attached hydrogens (tertiary/aromatic N) is 3. The van der Waals surface area contributed by atoms with Gasteiger partial charge < -0.3 is 9.52 Å². The molecule has 0 fully saturated rings. The molecule has 23 heavy (non-hydrogen) atoms. The molecule has 0 amide bonds. The second kappa shape index (κ2) is 5.68. The standard InChI is InChI=1S/C15H9N3O5/c19-15(20)10-6-2-1-5-9(10)13-16-17-14(23-13)11-7-3-4-8-12(11)18(21)22/h1-8H,(H,19,20). The molecule has 0 saturated carbocycles. The largest absolute Gasteiger partial charge is 0.478 e. The molecule has 1 aromatic heterocycles. The van der Waals surface area contributed by atoms with Crippen LogP contribution in [0.4, 0.5) is 5.69 Å². The van der Waals surface area contributed by atoms with Crippen molar-refractivity contribution in [2.45, 2.75) is 0 Å². The Morgan fingerprint density at radius 1 is 1.00 bits per heavy atom. The first-order valence-corrected chi connectivity index (χ1v) is 6.48. The second-order valence-electron chi connectivity index (χ2n) is 4.54. The van der Waals surface area contributed by atoms with Gasteiger partial charge in [-0.2, -0.15) is 0 Å². The van der Waals surface area contributed by atoms with Crippen molar-refractivity contribution in [2.24, 2.45) is 0 Å². The van der Waals surface area contributed by atoms with Crippen molar-refractivity contribution in [3.63, 3.8) is 0 Å². The van der Waals surface area contributed by atoms with Crippen LogP contribution in [0.5, 0.6) is 0 Å². The van der Waals surface area contributed by atoms with Crippen LogP contribution in [0, 0.1) is 10.1 Å². The molecule has 0 spiro atoms. The summed E-state index contributed by atoms with van der Waals surface area (Å²) in [5.74, 6) is -1.20. The minimum atomic E-state index is -1.13. The molecule has 0 unspecified atom stereocenters. The van der Waals surface area contributed by atoms with Crippen molar-refractivity contribution in [2.75, 3.05) is 0 Å². The Bertz CT molecular complexity index is 831. The fraction of sp³-hybridized carbons (Fsp3) is 0.